The number of hydrogen-bond acceptors (Lipinski definition) is 3. The summed E-state index contributed by atoms with van der Waals surface area (Å²) in [5.74, 6) is -0.115. The van der Waals surface area contributed by atoms with Crippen LogP contribution >= 0.6 is 0 Å². The predicted molar refractivity (Wildman–Crippen MR) is 83.1 cm³/mol. The van der Waals surface area contributed by atoms with Crippen LogP contribution in [0, 0.1) is 0 Å². The van der Waals surface area contributed by atoms with E-state index in [0.717, 1.165) is 25.7 Å². The van der Waals surface area contributed by atoms with Crippen LogP contribution in [0.1, 0.15) is 56.3 Å². The summed E-state index contributed by atoms with van der Waals surface area (Å²) in [7, 11) is -3.28. The Hall–Kier alpha value is -1.36. The van der Waals surface area contributed by atoms with Gasteiger partial charge in [-0.05, 0) is 51.0 Å². The topological polar surface area (TPSA) is 63.2 Å². The number of sulfone groups is 1. The van der Waals surface area contributed by atoms with Crippen LogP contribution in [-0.2, 0) is 9.84 Å². The zero-order valence-electron chi connectivity index (χ0n) is 12.6. The van der Waals surface area contributed by atoms with Gasteiger partial charge in [0.1, 0.15) is 0 Å². The molecule has 1 saturated carbocycles. The molecule has 0 heterocycles. The number of benzene rings is 1. The molecule has 0 bridgehead atoms. The van der Waals surface area contributed by atoms with Crippen LogP contribution in [0.5, 0.6) is 0 Å². The number of carbonyl (C=O) groups excluding carboxylic acids is 1. The maximum atomic E-state index is 12.1. The van der Waals surface area contributed by atoms with Gasteiger partial charge in [-0.2, -0.15) is 0 Å². The van der Waals surface area contributed by atoms with E-state index in [1.165, 1.54) is 18.6 Å². The van der Waals surface area contributed by atoms with Crippen molar-refractivity contribution in [2.24, 2.45) is 0 Å². The molecule has 4 nitrogen and oxygen atoms in total. The van der Waals surface area contributed by atoms with Crippen molar-refractivity contribution in [3.05, 3.63) is 29.8 Å². The summed E-state index contributed by atoms with van der Waals surface area (Å²) in [5, 5.41) is 2.57. The second-order valence-corrected chi connectivity index (χ2v) is 8.43. The van der Waals surface area contributed by atoms with Crippen molar-refractivity contribution < 1.29 is 13.2 Å². The minimum atomic E-state index is -3.28. The Balaban J connectivity index is 2.06. The summed E-state index contributed by atoms with van der Waals surface area (Å²) in [5.41, 5.74) is 0.517. The fourth-order valence-electron chi connectivity index (χ4n) is 2.58. The van der Waals surface area contributed by atoms with Gasteiger partial charge in [-0.15, -0.1) is 0 Å². The fourth-order valence-corrected chi connectivity index (χ4v) is 3.64. The quantitative estimate of drug-likeness (QED) is 0.930. The van der Waals surface area contributed by atoms with Crippen LogP contribution in [0.4, 0.5) is 0 Å². The number of hydrogen-bond donors (Lipinski definition) is 1. The smallest absolute Gasteiger partial charge is 0.251 e. The van der Waals surface area contributed by atoms with Gasteiger partial charge in [0.15, 0.2) is 9.84 Å². The van der Waals surface area contributed by atoms with Gasteiger partial charge in [0, 0.05) is 11.6 Å². The Kier molecular flexibility index (Phi) is 5.04. The number of nitrogens with one attached hydrogen (secondary N) is 1. The van der Waals surface area contributed by atoms with E-state index in [-0.39, 0.29) is 16.8 Å². The summed E-state index contributed by atoms with van der Waals surface area (Å²) >= 11 is 0. The average Bonchev–Trinajstić information content (AvgIpc) is 2.48. The molecule has 1 aliphatic rings. The summed E-state index contributed by atoms with van der Waals surface area (Å²) < 4.78 is 24.1. The molecule has 1 amide bonds. The largest absolute Gasteiger partial charge is 0.349 e. The van der Waals surface area contributed by atoms with E-state index in [4.69, 9.17) is 0 Å². The highest BCUT2D eigenvalue weighted by Gasteiger charge is 2.20. The molecule has 1 aromatic carbocycles. The number of amides is 1. The lowest BCUT2D eigenvalue weighted by molar-refractivity contribution is 0.0927. The van der Waals surface area contributed by atoms with E-state index >= 15 is 0 Å². The predicted octanol–water partition coefficient (Wildman–Crippen LogP) is 2.93. The molecule has 0 aliphatic heterocycles. The second kappa shape index (κ2) is 6.60. The van der Waals surface area contributed by atoms with Crippen LogP contribution in [0.15, 0.2) is 29.2 Å². The summed E-state index contributed by atoms with van der Waals surface area (Å²) in [6.45, 7) is 3.30. The Morgan fingerprint density at radius 2 is 1.67 bits per heavy atom. The fraction of sp³-hybridized carbons (Fsp3) is 0.562. The molecule has 0 saturated heterocycles. The van der Waals surface area contributed by atoms with Crippen molar-refractivity contribution in [3.63, 3.8) is 0 Å². The molecule has 0 atom stereocenters. The second-order valence-electron chi connectivity index (χ2n) is 5.93. The van der Waals surface area contributed by atoms with E-state index in [0.29, 0.717) is 5.56 Å². The van der Waals surface area contributed by atoms with Gasteiger partial charge in [0.2, 0.25) is 0 Å². The third-order valence-electron chi connectivity index (χ3n) is 4.01. The SMILES string of the molecule is CC(C)S(=O)(=O)c1ccc(C(=O)NC2CCCCC2)cc1. The number of rotatable bonds is 4. The lowest BCUT2D eigenvalue weighted by Crippen LogP contribution is -2.36. The van der Waals surface area contributed by atoms with Crippen LogP contribution in [0.2, 0.25) is 0 Å². The lowest BCUT2D eigenvalue weighted by Gasteiger charge is -2.22. The van der Waals surface area contributed by atoms with Crippen molar-refractivity contribution in [1.82, 2.24) is 5.32 Å². The van der Waals surface area contributed by atoms with Gasteiger partial charge in [0.25, 0.3) is 5.91 Å². The first-order valence-electron chi connectivity index (χ1n) is 7.56. The van der Waals surface area contributed by atoms with Gasteiger partial charge in [-0.3, -0.25) is 4.79 Å². The van der Waals surface area contributed by atoms with Gasteiger partial charge < -0.3 is 5.32 Å². The first-order chi connectivity index (χ1) is 9.91. The minimum Gasteiger partial charge on any atom is -0.349 e. The Morgan fingerprint density at radius 3 is 2.19 bits per heavy atom. The molecule has 1 aromatic rings. The third kappa shape index (κ3) is 3.84. The van der Waals surface area contributed by atoms with Crippen molar-refractivity contribution in [2.75, 3.05) is 0 Å². The van der Waals surface area contributed by atoms with Crippen molar-refractivity contribution >= 4 is 15.7 Å². The average molecular weight is 309 g/mol. The molecular formula is C16H23NO3S. The normalized spacial score (nSPS) is 16.9. The third-order valence-corrected chi connectivity index (χ3v) is 6.18. The van der Waals surface area contributed by atoms with E-state index < -0.39 is 15.1 Å². The van der Waals surface area contributed by atoms with Crippen molar-refractivity contribution in [3.8, 4) is 0 Å². The monoisotopic (exact) mass is 309 g/mol. The Morgan fingerprint density at radius 1 is 1.10 bits per heavy atom. The highest BCUT2D eigenvalue weighted by molar-refractivity contribution is 7.92. The summed E-state index contributed by atoms with van der Waals surface area (Å²) in [6, 6.07) is 6.47. The molecule has 0 spiro atoms. The summed E-state index contributed by atoms with van der Waals surface area (Å²) in [6.07, 6.45) is 5.64. The zero-order valence-corrected chi connectivity index (χ0v) is 13.4. The van der Waals surface area contributed by atoms with Crippen LogP contribution < -0.4 is 5.32 Å². The Labute approximate surface area is 126 Å². The maximum Gasteiger partial charge on any atom is 0.251 e. The molecule has 0 unspecified atom stereocenters. The molecule has 116 valence electrons. The molecule has 1 fully saturated rings. The van der Waals surface area contributed by atoms with Gasteiger partial charge in [0.05, 0.1) is 10.1 Å². The zero-order chi connectivity index (χ0) is 15.5. The highest BCUT2D eigenvalue weighted by atomic mass is 32.2. The molecule has 5 heteroatoms. The van der Waals surface area contributed by atoms with E-state index in [2.05, 4.69) is 5.32 Å². The molecule has 1 N–H and O–H groups in total. The molecule has 2 rings (SSSR count). The summed E-state index contributed by atoms with van der Waals surface area (Å²) in [4.78, 5) is 12.4. The van der Waals surface area contributed by atoms with E-state index in [1.54, 1.807) is 26.0 Å². The molecule has 0 aromatic heterocycles. The van der Waals surface area contributed by atoms with Crippen LogP contribution in [0.25, 0.3) is 0 Å². The molecular weight excluding hydrogens is 286 g/mol. The highest BCUT2D eigenvalue weighted by Crippen LogP contribution is 2.19. The first-order valence-corrected chi connectivity index (χ1v) is 9.10. The van der Waals surface area contributed by atoms with Gasteiger partial charge in [-0.1, -0.05) is 19.3 Å². The standard InChI is InChI=1S/C16H23NO3S/c1-12(2)21(19,20)15-10-8-13(9-11-15)16(18)17-14-6-4-3-5-7-14/h8-12,14H,3-7H2,1-2H3,(H,17,18). The Bertz CT molecular complexity index is 584. The van der Waals surface area contributed by atoms with Crippen LogP contribution in [-0.4, -0.2) is 25.6 Å². The first kappa shape index (κ1) is 16.0. The maximum absolute atomic E-state index is 12.1. The van der Waals surface area contributed by atoms with Gasteiger partial charge >= 0.3 is 0 Å². The van der Waals surface area contributed by atoms with E-state index in [9.17, 15) is 13.2 Å². The van der Waals surface area contributed by atoms with Gasteiger partial charge in [-0.25, -0.2) is 8.42 Å². The molecule has 1 aliphatic carbocycles. The van der Waals surface area contributed by atoms with Crippen LogP contribution in [0.3, 0.4) is 0 Å². The lowest BCUT2D eigenvalue weighted by atomic mass is 9.95. The minimum absolute atomic E-state index is 0.115. The number of carbonyl (C=O) groups is 1. The van der Waals surface area contributed by atoms with E-state index in [1.807, 2.05) is 0 Å². The molecule has 0 radical (unpaired) electrons. The molecule has 21 heavy (non-hydrogen) atoms. The van der Waals surface area contributed by atoms with Crippen molar-refractivity contribution in [2.45, 2.75) is 62.1 Å². The van der Waals surface area contributed by atoms with Crippen molar-refractivity contribution in [1.29, 1.82) is 0 Å².